The zero-order chi connectivity index (χ0) is 14.4. The largest absolute Gasteiger partial charge is 0.308 e. The molecule has 1 amide bonds. The number of carbonyl (C=O) groups excluding carboxylic acids is 1. The van der Waals surface area contributed by atoms with E-state index in [1.165, 1.54) is 12.4 Å². The summed E-state index contributed by atoms with van der Waals surface area (Å²) in [6.07, 6.45) is 5.37. The Labute approximate surface area is 117 Å². The Hall–Kier alpha value is -2.28. The third-order valence-electron chi connectivity index (χ3n) is 2.72. The molecule has 1 atom stereocenters. The molecule has 0 aromatic carbocycles. The zero-order valence-corrected chi connectivity index (χ0v) is 11.6. The van der Waals surface area contributed by atoms with Crippen molar-refractivity contribution < 1.29 is 4.79 Å². The van der Waals surface area contributed by atoms with Gasteiger partial charge < -0.3 is 10.6 Å². The molecule has 3 N–H and O–H groups in total. The Morgan fingerprint density at radius 1 is 1.45 bits per heavy atom. The molecule has 0 fully saturated rings. The lowest BCUT2D eigenvalue weighted by atomic mass is 10.2. The summed E-state index contributed by atoms with van der Waals surface area (Å²) in [5, 5.41) is 12.9. The number of nitrogens with zero attached hydrogens (tertiary/aromatic N) is 3. The lowest BCUT2D eigenvalue weighted by molar-refractivity contribution is -0.115. The Kier molecular flexibility index (Phi) is 4.78. The Bertz CT molecular complexity index is 553. The van der Waals surface area contributed by atoms with Crippen molar-refractivity contribution in [2.75, 3.05) is 11.9 Å². The molecule has 0 aliphatic heterocycles. The quantitative estimate of drug-likeness (QED) is 0.719. The molecule has 20 heavy (non-hydrogen) atoms. The molecule has 0 saturated carbocycles. The molecule has 0 saturated heterocycles. The molecule has 2 rings (SSSR count). The highest BCUT2D eigenvalue weighted by Crippen LogP contribution is 2.02. The van der Waals surface area contributed by atoms with E-state index in [-0.39, 0.29) is 18.5 Å². The Balaban J connectivity index is 1.73. The zero-order valence-electron chi connectivity index (χ0n) is 11.6. The number of hydrogen-bond acceptors (Lipinski definition) is 5. The van der Waals surface area contributed by atoms with Crippen molar-refractivity contribution in [3.63, 3.8) is 0 Å². The minimum absolute atomic E-state index is 0.143. The molecule has 106 valence electrons. The van der Waals surface area contributed by atoms with Crippen LogP contribution in [0.5, 0.6) is 0 Å². The van der Waals surface area contributed by atoms with Gasteiger partial charge in [-0.25, -0.2) is 4.98 Å². The van der Waals surface area contributed by atoms with Crippen molar-refractivity contribution in [1.29, 1.82) is 0 Å². The smallest absolute Gasteiger partial charge is 0.239 e. The normalized spacial score (nSPS) is 12.1. The van der Waals surface area contributed by atoms with Gasteiger partial charge in [-0.2, -0.15) is 5.10 Å². The van der Waals surface area contributed by atoms with Crippen molar-refractivity contribution in [2.24, 2.45) is 0 Å². The maximum Gasteiger partial charge on any atom is 0.239 e. The molecule has 7 heteroatoms. The van der Waals surface area contributed by atoms with Gasteiger partial charge in [0.05, 0.1) is 18.4 Å². The Morgan fingerprint density at radius 3 is 2.95 bits per heavy atom. The van der Waals surface area contributed by atoms with E-state index in [0.29, 0.717) is 5.82 Å². The van der Waals surface area contributed by atoms with Gasteiger partial charge in [0.15, 0.2) is 5.82 Å². The van der Waals surface area contributed by atoms with E-state index in [1.54, 1.807) is 6.20 Å². The average Bonchev–Trinajstić information content (AvgIpc) is 2.83. The van der Waals surface area contributed by atoms with Gasteiger partial charge in [0.25, 0.3) is 0 Å². The molecule has 7 nitrogen and oxygen atoms in total. The lowest BCUT2D eigenvalue weighted by Crippen LogP contribution is -2.35. The average molecular weight is 274 g/mol. The van der Waals surface area contributed by atoms with Gasteiger partial charge in [0.2, 0.25) is 5.91 Å². The van der Waals surface area contributed by atoms with Crippen LogP contribution in [-0.2, 0) is 11.2 Å². The number of carbonyl (C=O) groups is 1. The maximum atomic E-state index is 11.7. The standard InChI is InChI=1S/C13H18N6O/c1-9(5-11-6-10(2)18-19-11)16-8-13(20)17-12-7-14-3-4-15-12/h3-4,6-7,9,16H,5,8H2,1-2H3,(H,18,19)(H,15,17,20)/t9-/m0/s1. The van der Waals surface area contributed by atoms with Gasteiger partial charge >= 0.3 is 0 Å². The van der Waals surface area contributed by atoms with E-state index in [1.807, 2.05) is 19.9 Å². The first-order valence-electron chi connectivity index (χ1n) is 6.43. The summed E-state index contributed by atoms with van der Waals surface area (Å²) in [7, 11) is 0. The number of nitrogens with one attached hydrogen (secondary N) is 3. The van der Waals surface area contributed by atoms with Crippen LogP contribution in [0.4, 0.5) is 5.82 Å². The summed E-state index contributed by atoms with van der Waals surface area (Å²) < 4.78 is 0. The number of H-pyrrole nitrogens is 1. The first-order valence-corrected chi connectivity index (χ1v) is 6.43. The number of rotatable bonds is 6. The second kappa shape index (κ2) is 6.76. The molecule has 0 unspecified atom stereocenters. The maximum absolute atomic E-state index is 11.7. The first kappa shape index (κ1) is 14.1. The van der Waals surface area contributed by atoms with Crippen LogP contribution in [0.3, 0.4) is 0 Å². The van der Waals surface area contributed by atoms with E-state index >= 15 is 0 Å². The first-order chi connectivity index (χ1) is 9.63. The molecule has 0 aliphatic rings. The summed E-state index contributed by atoms with van der Waals surface area (Å²) in [5.74, 6) is 0.311. The topological polar surface area (TPSA) is 95.6 Å². The van der Waals surface area contributed by atoms with Crippen LogP contribution in [0.25, 0.3) is 0 Å². The monoisotopic (exact) mass is 274 g/mol. The number of aromatic amines is 1. The van der Waals surface area contributed by atoms with E-state index < -0.39 is 0 Å². The summed E-state index contributed by atoms with van der Waals surface area (Å²) >= 11 is 0. The van der Waals surface area contributed by atoms with Crippen LogP contribution in [-0.4, -0.2) is 38.7 Å². The van der Waals surface area contributed by atoms with E-state index in [0.717, 1.165) is 17.8 Å². The fourth-order valence-electron chi connectivity index (χ4n) is 1.78. The fraction of sp³-hybridized carbons (Fsp3) is 0.385. The van der Waals surface area contributed by atoms with Gasteiger partial charge in [-0.3, -0.25) is 14.9 Å². The number of aryl methyl sites for hydroxylation is 1. The highest BCUT2D eigenvalue weighted by atomic mass is 16.2. The van der Waals surface area contributed by atoms with Crippen molar-refractivity contribution >= 4 is 11.7 Å². The summed E-state index contributed by atoms with van der Waals surface area (Å²) in [6.45, 7) is 4.20. The van der Waals surface area contributed by atoms with E-state index in [2.05, 4.69) is 30.8 Å². The van der Waals surface area contributed by atoms with E-state index in [9.17, 15) is 4.79 Å². The van der Waals surface area contributed by atoms with Gasteiger partial charge in [0, 0.05) is 30.6 Å². The predicted octanol–water partition coefficient (Wildman–Crippen LogP) is 0.667. The lowest BCUT2D eigenvalue weighted by Gasteiger charge is -2.12. The third-order valence-corrected chi connectivity index (χ3v) is 2.72. The van der Waals surface area contributed by atoms with Crippen LogP contribution < -0.4 is 10.6 Å². The minimum Gasteiger partial charge on any atom is -0.308 e. The van der Waals surface area contributed by atoms with Crippen LogP contribution >= 0.6 is 0 Å². The highest BCUT2D eigenvalue weighted by Gasteiger charge is 2.08. The van der Waals surface area contributed by atoms with Gasteiger partial charge in [0.1, 0.15) is 0 Å². The molecule has 0 spiro atoms. The summed E-state index contributed by atoms with van der Waals surface area (Å²) in [4.78, 5) is 19.6. The number of anilines is 1. The summed E-state index contributed by atoms with van der Waals surface area (Å²) in [5.41, 5.74) is 2.02. The van der Waals surface area contributed by atoms with Crippen LogP contribution in [0.2, 0.25) is 0 Å². The van der Waals surface area contributed by atoms with Crippen LogP contribution in [0, 0.1) is 6.92 Å². The van der Waals surface area contributed by atoms with Crippen molar-refractivity contribution in [2.45, 2.75) is 26.3 Å². The van der Waals surface area contributed by atoms with E-state index in [4.69, 9.17) is 0 Å². The minimum atomic E-state index is -0.143. The summed E-state index contributed by atoms with van der Waals surface area (Å²) in [6, 6.07) is 2.16. The molecular formula is C13H18N6O. The SMILES string of the molecule is Cc1cc(C[C@H](C)NCC(=O)Nc2cnccn2)n[nH]1. The second-order valence-electron chi connectivity index (χ2n) is 4.67. The number of amides is 1. The van der Waals surface area contributed by atoms with Crippen LogP contribution in [0.1, 0.15) is 18.3 Å². The second-order valence-corrected chi connectivity index (χ2v) is 4.67. The molecule has 0 radical (unpaired) electrons. The van der Waals surface area contributed by atoms with Crippen molar-refractivity contribution in [1.82, 2.24) is 25.5 Å². The van der Waals surface area contributed by atoms with Gasteiger partial charge in [-0.05, 0) is 19.9 Å². The van der Waals surface area contributed by atoms with Crippen molar-refractivity contribution in [3.8, 4) is 0 Å². The number of aromatic nitrogens is 4. The molecule has 2 aromatic rings. The fourth-order valence-corrected chi connectivity index (χ4v) is 1.78. The van der Waals surface area contributed by atoms with Crippen LogP contribution in [0.15, 0.2) is 24.7 Å². The molecule has 0 bridgehead atoms. The molecule has 2 aromatic heterocycles. The molecule has 2 heterocycles. The van der Waals surface area contributed by atoms with Gasteiger partial charge in [-0.15, -0.1) is 0 Å². The third kappa shape index (κ3) is 4.43. The van der Waals surface area contributed by atoms with Gasteiger partial charge in [-0.1, -0.05) is 0 Å². The highest BCUT2D eigenvalue weighted by molar-refractivity contribution is 5.91. The number of hydrogen-bond donors (Lipinski definition) is 3. The predicted molar refractivity (Wildman–Crippen MR) is 75.2 cm³/mol. The molecule has 0 aliphatic carbocycles. The Morgan fingerprint density at radius 2 is 2.30 bits per heavy atom. The molecular weight excluding hydrogens is 256 g/mol. The van der Waals surface area contributed by atoms with Crippen molar-refractivity contribution in [3.05, 3.63) is 36.0 Å².